The number of carbonyl (C=O) groups is 1. The molecule has 1 saturated carbocycles. The van der Waals surface area contributed by atoms with Crippen LogP contribution in [-0.2, 0) is 4.74 Å². The van der Waals surface area contributed by atoms with Crippen LogP contribution < -0.4 is 0 Å². The van der Waals surface area contributed by atoms with Gasteiger partial charge in [-0.25, -0.2) is 4.79 Å². The first kappa shape index (κ1) is 12.1. The fourth-order valence-electron chi connectivity index (χ4n) is 2.49. The first-order valence-corrected chi connectivity index (χ1v) is 6.37. The van der Waals surface area contributed by atoms with Crippen molar-refractivity contribution in [3.8, 4) is 0 Å². The number of aromatic nitrogens is 1. The maximum Gasteiger partial charge on any atom is 0.377 e. The molecule has 0 radical (unpaired) electrons. The van der Waals surface area contributed by atoms with Crippen molar-refractivity contribution < 1.29 is 14.1 Å². The Kier molecular flexibility index (Phi) is 3.82. The highest BCUT2D eigenvalue weighted by Crippen LogP contribution is 2.34. The van der Waals surface area contributed by atoms with E-state index in [-0.39, 0.29) is 5.76 Å². The minimum absolute atomic E-state index is 0.271. The van der Waals surface area contributed by atoms with Gasteiger partial charge in [0.1, 0.15) is 0 Å². The summed E-state index contributed by atoms with van der Waals surface area (Å²) in [5.74, 6) is 0.322. The van der Waals surface area contributed by atoms with Crippen LogP contribution >= 0.6 is 0 Å². The predicted molar refractivity (Wildman–Crippen MR) is 63.0 cm³/mol. The van der Waals surface area contributed by atoms with E-state index in [1.165, 1.54) is 19.3 Å². The highest BCUT2D eigenvalue weighted by Gasteiger charge is 2.26. The van der Waals surface area contributed by atoms with Gasteiger partial charge in [-0.1, -0.05) is 24.4 Å². The van der Waals surface area contributed by atoms with Crippen molar-refractivity contribution in [1.29, 1.82) is 0 Å². The lowest BCUT2D eigenvalue weighted by Gasteiger charge is -2.19. The maximum atomic E-state index is 11.6. The van der Waals surface area contributed by atoms with Crippen molar-refractivity contribution in [1.82, 2.24) is 5.16 Å². The molecular weight excluding hydrogens is 218 g/mol. The molecule has 0 aliphatic heterocycles. The molecule has 1 aliphatic rings. The molecule has 0 saturated heterocycles. The first-order chi connectivity index (χ1) is 8.24. The summed E-state index contributed by atoms with van der Waals surface area (Å²) in [4.78, 5) is 11.6. The van der Waals surface area contributed by atoms with Crippen LogP contribution in [0.4, 0.5) is 0 Å². The molecule has 1 heterocycles. The normalized spacial score (nSPS) is 17.1. The Morgan fingerprint density at radius 2 is 2.12 bits per heavy atom. The van der Waals surface area contributed by atoms with Gasteiger partial charge in [-0.3, -0.25) is 0 Å². The van der Waals surface area contributed by atoms with Crippen molar-refractivity contribution in [2.45, 2.75) is 51.9 Å². The van der Waals surface area contributed by atoms with Crippen molar-refractivity contribution in [2.24, 2.45) is 0 Å². The van der Waals surface area contributed by atoms with E-state index >= 15 is 0 Å². The molecule has 1 fully saturated rings. The van der Waals surface area contributed by atoms with Gasteiger partial charge in [0, 0.05) is 11.5 Å². The molecule has 1 aromatic rings. The van der Waals surface area contributed by atoms with E-state index < -0.39 is 5.97 Å². The van der Waals surface area contributed by atoms with Gasteiger partial charge in [0.25, 0.3) is 0 Å². The number of ether oxygens (including phenoxy) is 1. The molecule has 4 nitrogen and oxygen atoms in total. The van der Waals surface area contributed by atoms with Gasteiger partial charge in [-0.2, -0.15) is 0 Å². The molecule has 1 aromatic heterocycles. The van der Waals surface area contributed by atoms with E-state index in [0.29, 0.717) is 12.5 Å². The van der Waals surface area contributed by atoms with Crippen molar-refractivity contribution >= 4 is 5.97 Å². The van der Waals surface area contributed by atoms with Gasteiger partial charge in [0.2, 0.25) is 5.76 Å². The summed E-state index contributed by atoms with van der Waals surface area (Å²) in [6, 6.07) is 0. The van der Waals surface area contributed by atoms with E-state index in [0.717, 1.165) is 24.1 Å². The first-order valence-electron chi connectivity index (χ1n) is 6.37. The van der Waals surface area contributed by atoms with Crippen LogP contribution in [0.3, 0.4) is 0 Å². The average Bonchev–Trinajstić information content (AvgIpc) is 2.72. The van der Waals surface area contributed by atoms with Crippen LogP contribution in [0.15, 0.2) is 4.52 Å². The molecule has 0 atom stereocenters. The number of hydrogen-bond acceptors (Lipinski definition) is 4. The number of carbonyl (C=O) groups excluding carboxylic acids is 1. The molecule has 4 heteroatoms. The summed E-state index contributed by atoms with van der Waals surface area (Å²) in [6.45, 7) is 4.04. The van der Waals surface area contributed by atoms with E-state index in [1.54, 1.807) is 6.92 Å². The third kappa shape index (κ3) is 2.51. The molecule has 1 aliphatic carbocycles. The number of esters is 1. The molecule has 0 spiro atoms. The maximum absolute atomic E-state index is 11.6. The van der Waals surface area contributed by atoms with Crippen LogP contribution in [0.1, 0.15) is 66.8 Å². The molecule has 94 valence electrons. The summed E-state index contributed by atoms with van der Waals surface area (Å²) >= 11 is 0. The summed E-state index contributed by atoms with van der Waals surface area (Å²) in [5.41, 5.74) is 1.81. The quantitative estimate of drug-likeness (QED) is 0.757. The molecule has 17 heavy (non-hydrogen) atoms. The molecule has 0 amide bonds. The minimum Gasteiger partial charge on any atom is -0.460 e. The molecule has 0 N–H and O–H groups in total. The van der Waals surface area contributed by atoms with E-state index in [2.05, 4.69) is 5.16 Å². The zero-order valence-electron chi connectivity index (χ0n) is 10.5. The lowest BCUT2D eigenvalue weighted by molar-refractivity contribution is 0.0478. The van der Waals surface area contributed by atoms with Gasteiger partial charge in [0.05, 0.1) is 12.3 Å². The highest BCUT2D eigenvalue weighted by molar-refractivity contribution is 5.88. The van der Waals surface area contributed by atoms with Crippen molar-refractivity contribution in [2.75, 3.05) is 6.61 Å². The van der Waals surface area contributed by atoms with Gasteiger partial charge in [-0.15, -0.1) is 0 Å². The zero-order valence-corrected chi connectivity index (χ0v) is 10.5. The Bertz CT molecular complexity index is 391. The fraction of sp³-hybridized carbons (Fsp3) is 0.692. The number of hydrogen-bond donors (Lipinski definition) is 0. The Balaban J connectivity index is 2.16. The Morgan fingerprint density at radius 1 is 1.41 bits per heavy atom. The monoisotopic (exact) mass is 237 g/mol. The van der Waals surface area contributed by atoms with Crippen molar-refractivity contribution in [3.63, 3.8) is 0 Å². The highest BCUT2D eigenvalue weighted by atomic mass is 16.6. The van der Waals surface area contributed by atoms with E-state index in [9.17, 15) is 4.79 Å². The topological polar surface area (TPSA) is 52.3 Å². The second-order valence-corrected chi connectivity index (χ2v) is 4.58. The minimum atomic E-state index is -0.403. The van der Waals surface area contributed by atoms with Gasteiger partial charge in [-0.05, 0) is 26.7 Å². The number of rotatable bonds is 3. The molecule has 2 rings (SSSR count). The smallest absolute Gasteiger partial charge is 0.377 e. The Hall–Kier alpha value is -1.32. The van der Waals surface area contributed by atoms with Crippen LogP contribution in [0.5, 0.6) is 0 Å². The van der Waals surface area contributed by atoms with E-state index in [4.69, 9.17) is 9.26 Å². The second kappa shape index (κ2) is 5.34. The van der Waals surface area contributed by atoms with Crippen LogP contribution in [0.25, 0.3) is 0 Å². The predicted octanol–water partition coefficient (Wildman–Crippen LogP) is 3.21. The molecule has 0 bridgehead atoms. The van der Waals surface area contributed by atoms with Gasteiger partial charge >= 0.3 is 5.97 Å². The molecule has 0 unspecified atom stereocenters. The average molecular weight is 237 g/mol. The summed E-state index contributed by atoms with van der Waals surface area (Å²) in [5, 5.41) is 4.07. The van der Waals surface area contributed by atoms with Crippen molar-refractivity contribution in [3.05, 3.63) is 17.0 Å². The molecular formula is C13H19NO3. The van der Waals surface area contributed by atoms with Crippen LogP contribution in [-0.4, -0.2) is 17.7 Å². The van der Waals surface area contributed by atoms with Crippen LogP contribution in [0.2, 0.25) is 0 Å². The van der Waals surface area contributed by atoms with Gasteiger partial charge < -0.3 is 9.26 Å². The third-order valence-electron chi connectivity index (χ3n) is 3.41. The summed E-state index contributed by atoms with van der Waals surface area (Å²) in [7, 11) is 0. The summed E-state index contributed by atoms with van der Waals surface area (Å²) < 4.78 is 10.1. The zero-order chi connectivity index (χ0) is 12.3. The third-order valence-corrected chi connectivity index (χ3v) is 3.41. The lowest BCUT2D eigenvalue weighted by Crippen LogP contribution is -2.08. The Labute approximate surface area is 101 Å². The SMILES string of the molecule is CCOC(=O)c1onc(C2CCCCC2)c1C. The lowest BCUT2D eigenvalue weighted by atomic mass is 9.85. The molecule has 0 aromatic carbocycles. The second-order valence-electron chi connectivity index (χ2n) is 4.58. The number of nitrogens with zero attached hydrogens (tertiary/aromatic N) is 1. The van der Waals surface area contributed by atoms with Gasteiger partial charge in [0.15, 0.2) is 0 Å². The largest absolute Gasteiger partial charge is 0.460 e. The van der Waals surface area contributed by atoms with E-state index in [1.807, 2.05) is 6.92 Å². The fourth-order valence-corrected chi connectivity index (χ4v) is 2.49. The van der Waals surface area contributed by atoms with Crippen LogP contribution in [0, 0.1) is 6.92 Å². The standard InChI is InChI=1S/C13H19NO3/c1-3-16-13(15)12-9(2)11(14-17-12)10-7-5-4-6-8-10/h10H,3-8H2,1-2H3. The Morgan fingerprint density at radius 3 is 2.76 bits per heavy atom. The summed E-state index contributed by atoms with van der Waals surface area (Å²) in [6.07, 6.45) is 6.08.